The van der Waals surface area contributed by atoms with E-state index in [9.17, 15) is 0 Å². The van der Waals surface area contributed by atoms with Crippen LogP contribution in [0.15, 0.2) is 12.3 Å². The number of anilines is 1. The van der Waals surface area contributed by atoms with Crippen molar-refractivity contribution in [3.05, 3.63) is 17.8 Å². The van der Waals surface area contributed by atoms with Gasteiger partial charge in [-0.1, -0.05) is 0 Å². The second-order valence-corrected chi connectivity index (χ2v) is 3.88. The molecule has 0 saturated carbocycles. The van der Waals surface area contributed by atoms with E-state index in [-0.39, 0.29) is 0 Å². The zero-order valence-electron chi connectivity index (χ0n) is 8.08. The van der Waals surface area contributed by atoms with Crippen LogP contribution < -0.4 is 5.32 Å². The molecule has 0 fully saturated rings. The maximum absolute atomic E-state index is 3.97. The minimum absolute atomic E-state index is 0.876. The molecule has 0 atom stereocenters. The third kappa shape index (κ3) is 4.12. The fourth-order valence-electron chi connectivity index (χ4n) is 0.983. The summed E-state index contributed by atoms with van der Waals surface area (Å²) in [6.45, 7) is 2.99. The topological polar surface area (TPSA) is 37.8 Å². The number of aromatic nitrogens is 2. The van der Waals surface area contributed by atoms with Gasteiger partial charge in [0, 0.05) is 6.54 Å². The van der Waals surface area contributed by atoms with Crippen molar-refractivity contribution in [1.82, 2.24) is 10.2 Å². The molecule has 1 N–H and O–H groups in total. The minimum atomic E-state index is 0.876. The van der Waals surface area contributed by atoms with Crippen LogP contribution in [0.1, 0.15) is 12.0 Å². The van der Waals surface area contributed by atoms with Gasteiger partial charge in [0.2, 0.25) is 0 Å². The average Bonchev–Trinajstić information content (AvgIpc) is 2.13. The SMILES string of the molecule is CSCCCNc1cc(C)cnn1. The van der Waals surface area contributed by atoms with Gasteiger partial charge in [-0.25, -0.2) is 0 Å². The molecule has 0 bridgehead atoms. The lowest BCUT2D eigenvalue weighted by atomic mass is 10.3. The number of nitrogens with zero attached hydrogens (tertiary/aromatic N) is 2. The van der Waals surface area contributed by atoms with Gasteiger partial charge in [-0.15, -0.1) is 5.10 Å². The third-order valence-corrected chi connectivity index (χ3v) is 2.32. The molecule has 0 radical (unpaired) electrons. The number of hydrogen-bond acceptors (Lipinski definition) is 4. The van der Waals surface area contributed by atoms with Crippen molar-refractivity contribution in [2.75, 3.05) is 23.9 Å². The second-order valence-electron chi connectivity index (χ2n) is 2.89. The van der Waals surface area contributed by atoms with Gasteiger partial charge in [0.05, 0.1) is 6.20 Å². The van der Waals surface area contributed by atoms with Crippen molar-refractivity contribution in [1.29, 1.82) is 0 Å². The van der Waals surface area contributed by atoms with Crippen LogP contribution in [-0.2, 0) is 0 Å². The Morgan fingerprint density at radius 1 is 1.54 bits per heavy atom. The van der Waals surface area contributed by atoms with Gasteiger partial charge in [0.25, 0.3) is 0 Å². The van der Waals surface area contributed by atoms with Crippen molar-refractivity contribution >= 4 is 17.6 Å². The first-order valence-corrected chi connectivity index (χ1v) is 5.74. The van der Waals surface area contributed by atoms with Crippen molar-refractivity contribution in [3.63, 3.8) is 0 Å². The molecule has 1 aromatic rings. The van der Waals surface area contributed by atoms with Gasteiger partial charge in [0.1, 0.15) is 5.82 Å². The first kappa shape index (κ1) is 10.3. The Morgan fingerprint density at radius 3 is 3.08 bits per heavy atom. The third-order valence-electron chi connectivity index (χ3n) is 1.62. The molecule has 0 spiro atoms. The van der Waals surface area contributed by atoms with Crippen molar-refractivity contribution in [2.24, 2.45) is 0 Å². The van der Waals surface area contributed by atoms with Gasteiger partial charge in [-0.2, -0.15) is 16.9 Å². The molecule has 1 aromatic heterocycles. The second kappa shape index (κ2) is 5.80. The molecule has 72 valence electrons. The average molecular weight is 197 g/mol. The Balaban J connectivity index is 2.28. The standard InChI is InChI=1S/C9H15N3S/c1-8-6-9(12-11-7-8)10-4-3-5-13-2/h6-7H,3-5H2,1-2H3,(H,10,12). The summed E-state index contributed by atoms with van der Waals surface area (Å²) in [6, 6.07) is 2.01. The zero-order chi connectivity index (χ0) is 9.52. The fraction of sp³-hybridized carbons (Fsp3) is 0.556. The van der Waals surface area contributed by atoms with Crippen molar-refractivity contribution < 1.29 is 0 Å². The Morgan fingerprint density at radius 2 is 2.38 bits per heavy atom. The number of nitrogens with one attached hydrogen (secondary N) is 1. The molecule has 0 aromatic carbocycles. The summed E-state index contributed by atoms with van der Waals surface area (Å²) >= 11 is 1.86. The van der Waals surface area contributed by atoms with E-state index in [2.05, 4.69) is 21.8 Å². The van der Waals surface area contributed by atoms with Crippen LogP contribution in [0, 0.1) is 6.92 Å². The molecule has 0 unspecified atom stereocenters. The normalized spacial score (nSPS) is 10.0. The van der Waals surface area contributed by atoms with E-state index in [4.69, 9.17) is 0 Å². The van der Waals surface area contributed by atoms with Crippen LogP contribution >= 0.6 is 11.8 Å². The lowest BCUT2D eigenvalue weighted by Crippen LogP contribution is -2.05. The molecule has 0 amide bonds. The predicted octanol–water partition coefficient (Wildman–Crippen LogP) is 1.95. The molecular weight excluding hydrogens is 182 g/mol. The maximum Gasteiger partial charge on any atom is 0.148 e. The van der Waals surface area contributed by atoms with E-state index in [0.29, 0.717) is 0 Å². The Labute approximate surface area is 83.3 Å². The molecule has 0 aliphatic heterocycles. The molecule has 0 aliphatic carbocycles. The first-order chi connectivity index (χ1) is 6.33. The number of hydrogen-bond donors (Lipinski definition) is 1. The quantitative estimate of drug-likeness (QED) is 0.732. The minimum Gasteiger partial charge on any atom is -0.369 e. The number of thioether (sulfide) groups is 1. The van der Waals surface area contributed by atoms with Crippen LogP contribution in [-0.4, -0.2) is 28.8 Å². The van der Waals surface area contributed by atoms with Crippen LogP contribution in [0.4, 0.5) is 5.82 Å². The highest BCUT2D eigenvalue weighted by Crippen LogP contribution is 2.03. The molecule has 0 saturated heterocycles. The van der Waals surface area contributed by atoms with Crippen LogP contribution in [0.2, 0.25) is 0 Å². The van der Waals surface area contributed by atoms with Crippen LogP contribution in [0.25, 0.3) is 0 Å². The maximum atomic E-state index is 3.97. The van der Waals surface area contributed by atoms with E-state index in [0.717, 1.165) is 24.3 Å². The highest BCUT2D eigenvalue weighted by molar-refractivity contribution is 7.98. The molecule has 3 nitrogen and oxygen atoms in total. The van der Waals surface area contributed by atoms with Gasteiger partial charge in [0.15, 0.2) is 0 Å². The van der Waals surface area contributed by atoms with E-state index in [1.165, 1.54) is 5.75 Å². The van der Waals surface area contributed by atoms with E-state index < -0.39 is 0 Å². The fourth-order valence-corrected chi connectivity index (χ4v) is 1.42. The highest BCUT2D eigenvalue weighted by Gasteiger charge is 1.93. The molecular formula is C9H15N3S. The molecule has 13 heavy (non-hydrogen) atoms. The molecule has 1 rings (SSSR count). The zero-order valence-corrected chi connectivity index (χ0v) is 8.90. The van der Waals surface area contributed by atoms with Gasteiger partial charge >= 0.3 is 0 Å². The summed E-state index contributed by atoms with van der Waals surface area (Å²) in [7, 11) is 0. The Bertz CT molecular complexity index is 252. The highest BCUT2D eigenvalue weighted by atomic mass is 32.2. The Kier molecular flexibility index (Phi) is 4.60. The summed E-state index contributed by atoms with van der Waals surface area (Å²) in [6.07, 6.45) is 5.04. The summed E-state index contributed by atoms with van der Waals surface area (Å²) in [5.41, 5.74) is 1.14. The van der Waals surface area contributed by atoms with Gasteiger partial charge < -0.3 is 5.32 Å². The monoisotopic (exact) mass is 197 g/mol. The largest absolute Gasteiger partial charge is 0.369 e. The molecule has 1 heterocycles. The number of aryl methyl sites for hydroxylation is 1. The summed E-state index contributed by atoms with van der Waals surface area (Å²) in [4.78, 5) is 0. The van der Waals surface area contributed by atoms with Crippen molar-refractivity contribution in [2.45, 2.75) is 13.3 Å². The molecule has 0 aliphatic rings. The molecule has 4 heteroatoms. The summed E-state index contributed by atoms with van der Waals surface area (Å²) in [5, 5.41) is 11.1. The summed E-state index contributed by atoms with van der Waals surface area (Å²) in [5.74, 6) is 2.06. The predicted molar refractivity (Wildman–Crippen MR) is 58.3 cm³/mol. The lowest BCUT2D eigenvalue weighted by Gasteiger charge is -2.03. The summed E-state index contributed by atoms with van der Waals surface area (Å²) < 4.78 is 0. The van der Waals surface area contributed by atoms with Crippen molar-refractivity contribution in [3.8, 4) is 0 Å². The van der Waals surface area contributed by atoms with E-state index in [1.54, 1.807) is 6.20 Å². The van der Waals surface area contributed by atoms with Gasteiger partial charge in [-0.3, -0.25) is 0 Å². The smallest absolute Gasteiger partial charge is 0.148 e. The van der Waals surface area contributed by atoms with Gasteiger partial charge in [-0.05, 0) is 37.0 Å². The van der Waals surface area contributed by atoms with Crippen LogP contribution in [0.5, 0.6) is 0 Å². The number of rotatable bonds is 5. The first-order valence-electron chi connectivity index (χ1n) is 4.35. The van der Waals surface area contributed by atoms with E-state index in [1.807, 2.05) is 24.8 Å². The Hall–Kier alpha value is -0.770. The van der Waals surface area contributed by atoms with Crippen LogP contribution in [0.3, 0.4) is 0 Å². The van der Waals surface area contributed by atoms with E-state index >= 15 is 0 Å². The lowest BCUT2D eigenvalue weighted by molar-refractivity contribution is 0.946.